The highest BCUT2D eigenvalue weighted by molar-refractivity contribution is 7.13. The fraction of sp³-hybridized carbons (Fsp3) is 0.727. The Morgan fingerprint density at radius 1 is 1.25 bits per heavy atom. The van der Waals surface area contributed by atoms with Gasteiger partial charge in [-0.25, -0.2) is 4.98 Å². The summed E-state index contributed by atoms with van der Waals surface area (Å²) in [5.74, 6) is 0. The number of anilines is 1. The van der Waals surface area contributed by atoms with E-state index in [-0.39, 0.29) is 6.10 Å². The van der Waals surface area contributed by atoms with Gasteiger partial charge in [-0.3, -0.25) is 4.90 Å². The van der Waals surface area contributed by atoms with Crippen molar-refractivity contribution in [2.75, 3.05) is 31.1 Å². The second-order valence-corrected chi connectivity index (χ2v) is 5.42. The van der Waals surface area contributed by atoms with Crippen molar-refractivity contribution in [3.8, 4) is 0 Å². The van der Waals surface area contributed by atoms with E-state index in [9.17, 15) is 5.11 Å². The van der Waals surface area contributed by atoms with Gasteiger partial charge in [0.2, 0.25) is 0 Å². The minimum absolute atomic E-state index is 0.0774. The Morgan fingerprint density at radius 3 is 2.56 bits per heavy atom. The zero-order chi connectivity index (χ0) is 11.0. The molecule has 2 fully saturated rings. The van der Waals surface area contributed by atoms with Crippen LogP contribution in [0.3, 0.4) is 0 Å². The van der Waals surface area contributed by atoms with Crippen LogP contribution in [0, 0.1) is 0 Å². The SMILES string of the molecule is OC1CCC1N1CCN(c2nccs2)CC1. The fourth-order valence-electron chi connectivity index (χ4n) is 2.51. The van der Waals surface area contributed by atoms with E-state index in [4.69, 9.17) is 0 Å². The van der Waals surface area contributed by atoms with Crippen molar-refractivity contribution in [1.29, 1.82) is 0 Å². The number of hydrogen-bond donors (Lipinski definition) is 1. The molecule has 0 amide bonds. The van der Waals surface area contributed by atoms with Gasteiger partial charge in [0.15, 0.2) is 5.13 Å². The first-order valence-electron chi connectivity index (χ1n) is 5.91. The first-order valence-corrected chi connectivity index (χ1v) is 6.79. The smallest absolute Gasteiger partial charge is 0.185 e. The maximum Gasteiger partial charge on any atom is 0.185 e. The van der Waals surface area contributed by atoms with Crippen LogP contribution >= 0.6 is 11.3 Å². The Labute approximate surface area is 99.5 Å². The number of piperazine rings is 1. The van der Waals surface area contributed by atoms with Crippen LogP contribution in [0.5, 0.6) is 0 Å². The van der Waals surface area contributed by atoms with E-state index < -0.39 is 0 Å². The highest BCUT2D eigenvalue weighted by atomic mass is 32.1. The number of thiazole rings is 1. The van der Waals surface area contributed by atoms with Crippen LogP contribution in [0.25, 0.3) is 0 Å². The average molecular weight is 239 g/mol. The first kappa shape index (κ1) is 10.5. The van der Waals surface area contributed by atoms with Crippen LogP contribution in [-0.4, -0.2) is 53.3 Å². The summed E-state index contributed by atoms with van der Waals surface area (Å²) in [6, 6.07) is 0.429. The molecule has 2 unspecified atom stereocenters. The molecular formula is C11H17N3OS. The number of aliphatic hydroxyl groups is 1. The molecule has 0 spiro atoms. The van der Waals surface area contributed by atoms with Gasteiger partial charge in [-0.05, 0) is 12.8 Å². The molecule has 88 valence electrons. The Morgan fingerprint density at radius 2 is 2.06 bits per heavy atom. The minimum Gasteiger partial charge on any atom is -0.391 e. The fourth-order valence-corrected chi connectivity index (χ4v) is 3.20. The zero-order valence-electron chi connectivity index (χ0n) is 9.25. The molecule has 0 aromatic carbocycles. The van der Waals surface area contributed by atoms with E-state index in [0.29, 0.717) is 6.04 Å². The summed E-state index contributed by atoms with van der Waals surface area (Å²) in [4.78, 5) is 9.10. The molecule has 1 saturated heterocycles. The summed E-state index contributed by atoms with van der Waals surface area (Å²) in [6.07, 6.45) is 3.93. The third kappa shape index (κ3) is 1.83. The molecule has 1 aromatic rings. The molecule has 1 saturated carbocycles. The Balaban J connectivity index is 1.56. The van der Waals surface area contributed by atoms with E-state index in [1.54, 1.807) is 11.3 Å². The van der Waals surface area contributed by atoms with Crippen molar-refractivity contribution in [3.05, 3.63) is 11.6 Å². The van der Waals surface area contributed by atoms with Gasteiger partial charge in [-0.15, -0.1) is 11.3 Å². The van der Waals surface area contributed by atoms with Gasteiger partial charge in [0.25, 0.3) is 0 Å². The standard InChI is InChI=1S/C11H17N3OS/c15-10-2-1-9(10)13-4-6-14(7-5-13)11-12-3-8-16-11/h3,8-10,15H,1-2,4-7H2. The molecule has 2 aliphatic rings. The van der Waals surface area contributed by atoms with Gasteiger partial charge in [-0.1, -0.05) is 0 Å². The molecule has 4 nitrogen and oxygen atoms in total. The first-order chi connectivity index (χ1) is 7.84. The van der Waals surface area contributed by atoms with Crippen LogP contribution in [0.1, 0.15) is 12.8 Å². The van der Waals surface area contributed by atoms with Crippen LogP contribution < -0.4 is 4.90 Å². The average Bonchev–Trinajstić information content (AvgIpc) is 2.82. The summed E-state index contributed by atoms with van der Waals surface area (Å²) in [6.45, 7) is 4.19. The number of nitrogens with zero attached hydrogens (tertiary/aromatic N) is 3. The van der Waals surface area contributed by atoms with Crippen LogP contribution in [0.4, 0.5) is 5.13 Å². The van der Waals surface area contributed by atoms with Gasteiger partial charge in [0, 0.05) is 43.8 Å². The summed E-state index contributed by atoms with van der Waals surface area (Å²) in [7, 11) is 0. The van der Waals surface area contributed by atoms with Gasteiger partial charge in [-0.2, -0.15) is 0 Å². The van der Waals surface area contributed by atoms with Gasteiger partial charge in [0.1, 0.15) is 0 Å². The van der Waals surface area contributed by atoms with Crippen molar-refractivity contribution in [2.45, 2.75) is 25.0 Å². The molecule has 2 heterocycles. The van der Waals surface area contributed by atoms with Crippen molar-refractivity contribution >= 4 is 16.5 Å². The van der Waals surface area contributed by atoms with E-state index in [1.807, 2.05) is 11.6 Å². The van der Waals surface area contributed by atoms with E-state index >= 15 is 0 Å². The second-order valence-electron chi connectivity index (χ2n) is 4.55. The lowest BCUT2D eigenvalue weighted by Gasteiger charge is -2.45. The normalized spacial score (nSPS) is 31.4. The zero-order valence-corrected chi connectivity index (χ0v) is 10.1. The van der Waals surface area contributed by atoms with Crippen LogP contribution in [-0.2, 0) is 0 Å². The largest absolute Gasteiger partial charge is 0.391 e. The van der Waals surface area contributed by atoms with Crippen molar-refractivity contribution in [2.24, 2.45) is 0 Å². The van der Waals surface area contributed by atoms with Crippen molar-refractivity contribution in [3.63, 3.8) is 0 Å². The molecule has 0 bridgehead atoms. The molecule has 1 aliphatic carbocycles. The monoisotopic (exact) mass is 239 g/mol. The third-order valence-corrected chi connectivity index (χ3v) is 4.51. The van der Waals surface area contributed by atoms with Crippen LogP contribution in [0.2, 0.25) is 0 Å². The Kier molecular flexibility index (Phi) is 2.83. The summed E-state index contributed by atoms with van der Waals surface area (Å²) >= 11 is 1.71. The van der Waals surface area contributed by atoms with Crippen molar-refractivity contribution < 1.29 is 5.11 Å². The summed E-state index contributed by atoms with van der Waals surface area (Å²) < 4.78 is 0. The second kappa shape index (κ2) is 4.31. The van der Waals surface area contributed by atoms with Gasteiger partial charge < -0.3 is 10.0 Å². The lowest BCUT2D eigenvalue weighted by molar-refractivity contribution is -0.0229. The predicted molar refractivity (Wildman–Crippen MR) is 64.9 cm³/mol. The minimum atomic E-state index is -0.0774. The topological polar surface area (TPSA) is 39.6 Å². The van der Waals surface area contributed by atoms with E-state index in [2.05, 4.69) is 14.8 Å². The van der Waals surface area contributed by atoms with Crippen LogP contribution in [0.15, 0.2) is 11.6 Å². The number of aliphatic hydroxyl groups excluding tert-OH is 1. The van der Waals surface area contributed by atoms with Gasteiger partial charge >= 0.3 is 0 Å². The lowest BCUT2D eigenvalue weighted by atomic mass is 9.87. The molecule has 5 heteroatoms. The molecule has 3 rings (SSSR count). The quantitative estimate of drug-likeness (QED) is 0.828. The predicted octanol–water partition coefficient (Wildman–Crippen LogP) is 0.788. The lowest BCUT2D eigenvalue weighted by Crippen LogP contribution is -2.57. The molecule has 1 aliphatic heterocycles. The summed E-state index contributed by atoms with van der Waals surface area (Å²) in [5.41, 5.74) is 0. The van der Waals surface area contributed by atoms with Crippen molar-refractivity contribution in [1.82, 2.24) is 9.88 Å². The van der Waals surface area contributed by atoms with Gasteiger partial charge in [0.05, 0.1) is 6.10 Å². The van der Waals surface area contributed by atoms with E-state index in [0.717, 1.165) is 37.7 Å². The molecule has 2 atom stereocenters. The number of hydrogen-bond acceptors (Lipinski definition) is 5. The summed E-state index contributed by atoms with van der Waals surface area (Å²) in [5, 5.41) is 12.8. The van der Waals surface area contributed by atoms with E-state index in [1.165, 1.54) is 6.42 Å². The Hall–Kier alpha value is -0.650. The Bertz CT molecular complexity index is 335. The molecule has 1 N–H and O–H groups in total. The highest BCUT2D eigenvalue weighted by Crippen LogP contribution is 2.27. The molecule has 1 aromatic heterocycles. The third-order valence-electron chi connectivity index (χ3n) is 3.68. The maximum absolute atomic E-state index is 9.64. The number of aromatic nitrogens is 1. The molecular weight excluding hydrogens is 222 g/mol. The highest BCUT2D eigenvalue weighted by Gasteiger charge is 2.35. The molecule has 0 radical (unpaired) electrons. The number of rotatable bonds is 2. The molecule has 16 heavy (non-hydrogen) atoms. The maximum atomic E-state index is 9.64.